The van der Waals surface area contributed by atoms with E-state index in [0.717, 1.165) is 16.9 Å². The number of carbonyl (C=O) groups is 2. The number of anilines is 3. The number of hydrogen-bond donors (Lipinski definition) is 3. The van der Waals surface area contributed by atoms with Gasteiger partial charge in [0.25, 0.3) is 0 Å². The lowest BCUT2D eigenvalue weighted by atomic mass is 10.1. The fourth-order valence-corrected chi connectivity index (χ4v) is 2.92. The molecule has 1 fully saturated rings. The van der Waals surface area contributed by atoms with Gasteiger partial charge in [0.15, 0.2) is 0 Å². The van der Waals surface area contributed by atoms with Crippen molar-refractivity contribution >= 4 is 29.2 Å². The summed E-state index contributed by atoms with van der Waals surface area (Å²) in [5.74, 6) is 0.653. The first-order valence-corrected chi connectivity index (χ1v) is 8.30. The van der Waals surface area contributed by atoms with E-state index >= 15 is 0 Å². The van der Waals surface area contributed by atoms with Gasteiger partial charge in [-0.1, -0.05) is 6.07 Å². The van der Waals surface area contributed by atoms with Gasteiger partial charge in [-0.2, -0.15) is 0 Å². The Balaban J connectivity index is 1.71. The van der Waals surface area contributed by atoms with Crippen LogP contribution in [0.3, 0.4) is 0 Å². The molecule has 8 heteroatoms. The molecule has 1 saturated heterocycles. The third-order valence-corrected chi connectivity index (χ3v) is 4.32. The molecular formula is C18H21N5O3. The van der Waals surface area contributed by atoms with E-state index < -0.39 is 6.09 Å². The summed E-state index contributed by atoms with van der Waals surface area (Å²) in [7, 11) is 0. The van der Waals surface area contributed by atoms with Crippen molar-refractivity contribution in [2.45, 2.75) is 6.92 Å². The first-order chi connectivity index (χ1) is 12.4. The lowest BCUT2D eigenvalue weighted by Gasteiger charge is -2.33. The second kappa shape index (κ2) is 7.30. The van der Waals surface area contributed by atoms with Crippen LogP contribution in [0.2, 0.25) is 0 Å². The molecule has 0 aliphatic carbocycles. The van der Waals surface area contributed by atoms with E-state index in [1.54, 1.807) is 18.3 Å². The molecule has 26 heavy (non-hydrogen) atoms. The van der Waals surface area contributed by atoms with Gasteiger partial charge in [0.2, 0.25) is 5.91 Å². The quantitative estimate of drug-likeness (QED) is 0.727. The average molecular weight is 355 g/mol. The summed E-state index contributed by atoms with van der Waals surface area (Å²) >= 11 is 0. The van der Waals surface area contributed by atoms with Gasteiger partial charge in [-0.25, -0.2) is 9.78 Å². The normalized spacial score (nSPS) is 14.2. The summed E-state index contributed by atoms with van der Waals surface area (Å²) in [6.07, 6.45) is 0.888. The van der Waals surface area contributed by atoms with E-state index in [-0.39, 0.29) is 5.91 Å². The number of rotatable bonds is 3. The maximum absolute atomic E-state index is 11.1. The maximum atomic E-state index is 11.1. The number of benzene rings is 1. The van der Waals surface area contributed by atoms with Crippen molar-refractivity contribution in [1.82, 2.24) is 9.88 Å². The molecule has 1 aliphatic heterocycles. The molecule has 8 nitrogen and oxygen atoms in total. The zero-order chi connectivity index (χ0) is 18.7. The third-order valence-electron chi connectivity index (χ3n) is 4.32. The Morgan fingerprint density at radius 1 is 1.12 bits per heavy atom. The monoisotopic (exact) mass is 355 g/mol. The predicted octanol–water partition coefficient (Wildman–Crippen LogP) is 2.09. The Bertz CT molecular complexity index is 814. The van der Waals surface area contributed by atoms with Crippen LogP contribution in [0.15, 0.2) is 36.5 Å². The minimum absolute atomic E-state index is 0.168. The molecule has 2 amide bonds. The Morgan fingerprint density at radius 2 is 1.81 bits per heavy atom. The van der Waals surface area contributed by atoms with Crippen LogP contribution < -0.4 is 16.0 Å². The predicted molar refractivity (Wildman–Crippen MR) is 100 cm³/mol. The first-order valence-electron chi connectivity index (χ1n) is 8.30. The van der Waals surface area contributed by atoms with Crippen molar-refractivity contribution in [1.29, 1.82) is 0 Å². The van der Waals surface area contributed by atoms with Gasteiger partial charge in [-0.05, 0) is 29.8 Å². The fourth-order valence-electron chi connectivity index (χ4n) is 2.92. The molecule has 1 aromatic heterocycles. The molecule has 4 N–H and O–H groups in total. The summed E-state index contributed by atoms with van der Waals surface area (Å²) in [5, 5.41) is 11.7. The van der Waals surface area contributed by atoms with E-state index in [4.69, 9.17) is 10.8 Å². The van der Waals surface area contributed by atoms with Crippen molar-refractivity contribution in [2.24, 2.45) is 0 Å². The minimum Gasteiger partial charge on any atom is -0.465 e. The molecular weight excluding hydrogens is 334 g/mol. The number of piperazine rings is 1. The first kappa shape index (κ1) is 17.5. The highest BCUT2D eigenvalue weighted by Crippen LogP contribution is 2.27. The minimum atomic E-state index is -0.881. The summed E-state index contributed by atoms with van der Waals surface area (Å²) in [5.41, 5.74) is 8.90. The number of amides is 2. The van der Waals surface area contributed by atoms with Crippen LogP contribution in [0.25, 0.3) is 11.1 Å². The number of nitrogens with one attached hydrogen (secondary N) is 1. The third kappa shape index (κ3) is 3.85. The van der Waals surface area contributed by atoms with Gasteiger partial charge in [0.05, 0.1) is 11.4 Å². The molecule has 2 aromatic rings. The Labute approximate surface area is 151 Å². The molecule has 136 valence electrons. The summed E-state index contributed by atoms with van der Waals surface area (Å²) in [4.78, 5) is 30.1. The fraction of sp³-hybridized carbons (Fsp3) is 0.278. The summed E-state index contributed by atoms with van der Waals surface area (Å²) in [6, 6.07) is 9.32. The number of nitrogen functional groups attached to an aromatic ring is 1. The van der Waals surface area contributed by atoms with Crippen molar-refractivity contribution in [3.05, 3.63) is 36.5 Å². The van der Waals surface area contributed by atoms with Crippen LogP contribution in [0, 0.1) is 0 Å². The standard InChI is InChI=1S/C18H21N5O3/c1-12(24)21-16-4-2-13(10-15(16)19)14-3-5-17(20-11-14)22-6-8-23(9-7-22)18(25)26/h2-5,10-11H,6-9,19H2,1H3,(H,21,24)(H,25,26). The molecule has 0 saturated carbocycles. The van der Waals surface area contributed by atoms with E-state index in [1.807, 2.05) is 18.2 Å². The SMILES string of the molecule is CC(=O)Nc1ccc(-c2ccc(N3CCN(C(=O)O)CC3)nc2)cc1N. The number of pyridine rings is 1. The Morgan fingerprint density at radius 3 is 2.35 bits per heavy atom. The number of aromatic nitrogens is 1. The number of nitrogens with two attached hydrogens (primary N) is 1. The molecule has 0 radical (unpaired) electrons. The van der Waals surface area contributed by atoms with Gasteiger partial charge in [0.1, 0.15) is 5.82 Å². The van der Waals surface area contributed by atoms with Crippen molar-refractivity contribution in [2.75, 3.05) is 42.1 Å². The van der Waals surface area contributed by atoms with Crippen LogP contribution in [-0.4, -0.2) is 53.2 Å². The smallest absolute Gasteiger partial charge is 0.407 e. The molecule has 2 heterocycles. The van der Waals surface area contributed by atoms with Gasteiger partial charge in [-0.3, -0.25) is 4.79 Å². The average Bonchev–Trinajstić information content (AvgIpc) is 2.63. The number of nitrogens with zero attached hydrogens (tertiary/aromatic N) is 3. The molecule has 0 atom stereocenters. The number of hydrogen-bond acceptors (Lipinski definition) is 5. The molecule has 1 aromatic carbocycles. The second-order valence-electron chi connectivity index (χ2n) is 6.14. The van der Waals surface area contributed by atoms with Crippen LogP contribution in [-0.2, 0) is 4.79 Å². The van der Waals surface area contributed by atoms with E-state index in [1.165, 1.54) is 11.8 Å². The Hall–Kier alpha value is -3.29. The summed E-state index contributed by atoms with van der Waals surface area (Å²) < 4.78 is 0. The lowest BCUT2D eigenvalue weighted by Crippen LogP contribution is -2.48. The van der Waals surface area contributed by atoms with Crippen LogP contribution in [0.1, 0.15) is 6.92 Å². The summed E-state index contributed by atoms with van der Waals surface area (Å²) in [6.45, 7) is 3.63. The van der Waals surface area contributed by atoms with E-state index in [2.05, 4.69) is 15.2 Å². The van der Waals surface area contributed by atoms with Crippen LogP contribution in [0.5, 0.6) is 0 Å². The molecule has 1 aliphatic rings. The highest BCUT2D eigenvalue weighted by atomic mass is 16.4. The molecule has 0 bridgehead atoms. The van der Waals surface area contributed by atoms with Crippen molar-refractivity contribution in [3.63, 3.8) is 0 Å². The zero-order valence-electron chi connectivity index (χ0n) is 14.5. The second-order valence-corrected chi connectivity index (χ2v) is 6.14. The molecule has 0 unspecified atom stereocenters. The topological polar surface area (TPSA) is 112 Å². The van der Waals surface area contributed by atoms with Gasteiger partial charge >= 0.3 is 6.09 Å². The Kier molecular flexibility index (Phi) is 4.92. The molecule has 0 spiro atoms. The largest absolute Gasteiger partial charge is 0.465 e. The van der Waals surface area contributed by atoms with Gasteiger partial charge in [-0.15, -0.1) is 0 Å². The number of carbonyl (C=O) groups excluding carboxylic acids is 1. The highest BCUT2D eigenvalue weighted by molar-refractivity contribution is 5.93. The van der Waals surface area contributed by atoms with Crippen LogP contribution >= 0.6 is 0 Å². The zero-order valence-corrected chi connectivity index (χ0v) is 14.5. The highest BCUT2D eigenvalue weighted by Gasteiger charge is 2.21. The van der Waals surface area contributed by atoms with Gasteiger partial charge < -0.3 is 26.0 Å². The van der Waals surface area contributed by atoms with Crippen molar-refractivity contribution in [3.8, 4) is 11.1 Å². The molecule has 3 rings (SSSR count). The van der Waals surface area contributed by atoms with E-state index in [9.17, 15) is 9.59 Å². The van der Waals surface area contributed by atoms with E-state index in [0.29, 0.717) is 37.6 Å². The van der Waals surface area contributed by atoms with Crippen LogP contribution in [0.4, 0.5) is 22.0 Å². The number of carboxylic acid groups (broad SMARTS) is 1. The van der Waals surface area contributed by atoms with Crippen molar-refractivity contribution < 1.29 is 14.7 Å². The van der Waals surface area contributed by atoms with Gasteiger partial charge in [0, 0.05) is 44.9 Å². The maximum Gasteiger partial charge on any atom is 0.407 e. The lowest BCUT2D eigenvalue weighted by molar-refractivity contribution is -0.114.